The molecule has 0 atom stereocenters. The number of pyridine rings is 1. The average Bonchev–Trinajstić information content (AvgIpc) is 2.37. The maximum atomic E-state index is 12.9. The molecular formula is C10H7F5N2O5. The lowest BCUT2D eigenvalue weighted by atomic mass is 10.1. The molecule has 0 saturated heterocycles. The number of alkyl halides is 5. The van der Waals surface area contributed by atoms with E-state index in [1.807, 2.05) is 0 Å². The molecule has 1 rings (SSSR count). The summed E-state index contributed by atoms with van der Waals surface area (Å²) in [6.45, 7) is 0. The summed E-state index contributed by atoms with van der Waals surface area (Å²) in [6.07, 6.45) is -9.79. The van der Waals surface area contributed by atoms with E-state index in [4.69, 9.17) is 0 Å². The largest absolute Gasteiger partial charge is 0.573 e. The Kier molecular flexibility index (Phi) is 5.17. The fourth-order valence-corrected chi connectivity index (χ4v) is 1.44. The van der Waals surface area contributed by atoms with E-state index in [9.17, 15) is 36.9 Å². The molecule has 12 heteroatoms. The molecule has 0 saturated carbocycles. The SMILES string of the molecule is COC(=O)Cc1c(OC(F)(F)F)cc([N+](=O)[O-])nc1C(F)F. The summed E-state index contributed by atoms with van der Waals surface area (Å²) in [4.78, 5) is 23.4. The molecule has 7 nitrogen and oxygen atoms in total. The van der Waals surface area contributed by atoms with Crippen LogP contribution in [0.5, 0.6) is 5.75 Å². The van der Waals surface area contributed by atoms with Gasteiger partial charge in [-0.1, -0.05) is 0 Å². The second-order valence-electron chi connectivity index (χ2n) is 3.70. The molecule has 1 aromatic rings. The molecule has 0 aliphatic rings. The first-order valence-corrected chi connectivity index (χ1v) is 5.34. The van der Waals surface area contributed by atoms with E-state index >= 15 is 0 Å². The Balaban J connectivity index is 3.51. The molecule has 0 fully saturated rings. The van der Waals surface area contributed by atoms with Gasteiger partial charge in [-0.25, -0.2) is 8.78 Å². The molecule has 0 N–H and O–H groups in total. The molecule has 22 heavy (non-hydrogen) atoms. The Bertz CT molecular complexity index is 590. The quantitative estimate of drug-likeness (QED) is 0.357. The maximum Gasteiger partial charge on any atom is 0.573 e. The Hall–Kier alpha value is -2.53. The van der Waals surface area contributed by atoms with Crippen molar-refractivity contribution in [1.82, 2.24) is 4.98 Å². The van der Waals surface area contributed by atoms with Crippen LogP contribution in [0.4, 0.5) is 27.8 Å². The highest BCUT2D eigenvalue weighted by atomic mass is 19.4. The normalized spacial score (nSPS) is 11.4. The molecular weight excluding hydrogens is 323 g/mol. The van der Waals surface area contributed by atoms with E-state index in [1.54, 1.807) is 0 Å². The van der Waals surface area contributed by atoms with Crippen LogP contribution >= 0.6 is 0 Å². The van der Waals surface area contributed by atoms with Crippen LogP contribution in [0.3, 0.4) is 0 Å². The van der Waals surface area contributed by atoms with Crippen molar-refractivity contribution < 1.29 is 41.1 Å². The van der Waals surface area contributed by atoms with Gasteiger partial charge in [0.15, 0.2) is 0 Å². The van der Waals surface area contributed by atoms with Crippen molar-refractivity contribution in [3.63, 3.8) is 0 Å². The van der Waals surface area contributed by atoms with E-state index in [0.717, 1.165) is 7.11 Å². The molecule has 0 aliphatic carbocycles. The molecule has 0 spiro atoms. The fourth-order valence-electron chi connectivity index (χ4n) is 1.44. The number of carbonyl (C=O) groups excluding carboxylic acids is 1. The second-order valence-corrected chi connectivity index (χ2v) is 3.70. The summed E-state index contributed by atoms with van der Waals surface area (Å²) in [5, 5.41) is 10.6. The number of hydrogen-bond donors (Lipinski definition) is 0. The number of rotatable bonds is 5. The maximum absolute atomic E-state index is 12.9. The first-order chi connectivity index (χ1) is 10.0. The summed E-state index contributed by atoms with van der Waals surface area (Å²) in [5.41, 5.74) is -2.30. The van der Waals surface area contributed by atoms with Gasteiger partial charge in [-0.15, -0.1) is 13.2 Å². The minimum Gasteiger partial charge on any atom is -0.469 e. The first kappa shape index (κ1) is 17.5. The average molecular weight is 330 g/mol. The summed E-state index contributed by atoms with van der Waals surface area (Å²) in [6, 6.07) is 0.206. The zero-order chi connectivity index (χ0) is 17.1. The van der Waals surface area contributed by atoms with Gasteiger partial charge in [0.2, 0.25) is 5.69 Å². The van der Waals surface area contributed by atoms with Gasteiger partial charge in [0.25, 0.3) is 0 Å². The van der Waals surface area contributed by atoms with Gasteiger partial charge in [0.1, 0.15) is 5.75 Å². The van der Waals surface area contributed by atoms with E-state index in [-0.39, 0.29) is 6.07 Å². The zero-order valence-electron chi connectivity index (χ0n) is 10.7. The number of nitro groups is 1. The molecule has 0 bridgehead atoms. The molecule has 1 aromatic heterocycles. The summed E-state index contributed by atoms with van der Waals surface area (Å²) < 4.78 is 70.2. The van der Waals surface area contributed by atoms with E-state index < -0.39 is 52.9 Å². The number of hydrogen-bond acceptors (Lipinski definition) is 6. The number of methoxy groups -OCH3 is 1. The lowest BCUT2D eigenvalue weighted by Gasteiger charge is -2.13. The third kappa shape index (κ3) is 4.49. The lowest BCUT2D eigenvalue weighted by Crippen LogP contribution is -2.20. The Labute approximate surface area is 118 Å². The van der Waals surface area contributed by atoms with Crippen LogP contribution in [0, 0.1) is 10.1 Å². The molecule has 0 unspecified atom stereocenters. The van der Waals surface area contributed by atoms with Crippen molar-refractivity contribution in [1.29, 1.82) is 0 Å². The van der Waals surface area contributed by atoms with Gasteiger partial charge < -0.3 is 19.6 Å². The second kappa shape index (κ2) is 6.49. The Morgan fingerprint density at radius 1 is 1.45 bits per heavy atom. The van der Waals surface area contributed by atoms with Gasteiger partial charge in [0.05, 0.1) is 25.2 Å². The van der Waals surface area contributed by atoms with Gasteiger partial charge in [-0.05, 0) is 9.91 Å². The third-order valence-corrected chi connectivity index (χ3v) is 2.27. The standard InChI is InChI=1S/C10H7F5N2O5/c1-21-7(18)2-4-5(22-10(13,14)15)3-6(17(19)20)16-8(4)9(11)12/h3,9H,2H2,1H3. The number of carbonyl (C=O) groups is 1. The minimum absolute atomic E-state index is 0.206. The van der Waals surface area contributed by atoms with Crippen molar-refractivity contribution in [2.45, 2.75) is 19.2 Å². The highest BCUT2D eigenvalue weighted by Gasteiger charge is 2.37. The van der Waals surface area contributed by atoms with Crippen molar-refractivity contribution >= 4 is 11.8 Å². The Morgan fingerprint density at radius 3 is 2.45 bits per heavy atom. The summed E-state index contributed by atoms with van der Waals surface area (Å²) in [7, 11) is 0.882. The van der Waals surface area contributed by atoms with Crippen LogP contribution in [-0.4, -0.2) is 29.3 Å². The topological polar surface area (TPSA) is 91.6 Å². The number of esters is 1. The fraction of sp³-hybridized carbons (Fsp3) is 0.400. The van der Waals surface area contributed by atoms with E-state index in [0.29, 0.717) is 0 Å². The van der Waals surface area contributed by atoms with Crippen molar-refractivity contribution in [3.8, 4) is 5.75 Å². The van der Waals surface area contributed by atoms with E-state index in [1.165, 1.54) is 0 Å². The highest BCUT2D eigenvalue weighted by molar-refractivity contribution is 5.74. The van der Waals surface area contributed by atoms with Crippen LogP contribution in [0.25, 0.3) is 0 Å². The van der Waals surface area contributed by atoms with Crippen molar-refractivity contribution in [2.24, 2.45) is 0 Å². The number of nitrogens with zero attached hydrogens (tertiary/aromatic N) is 2. The van der Waals surface area contributed by atoms with Crippen LogP contribution in [-0.2, 0) is 16.0 Å². The van der Waals surface area contributed by atoms with Crippen LogP contribution in [0.15, 0.2) is 6.07 Å². The highest BCUT2D eigenvalue weighted by Crippen LogP contribution is 2.35. The van der Waals surface area contributed by atoms with Crippen molar-refractivity contribution in [2.75, 3.05) is 7.11 Å². The van der Waals surface area contributed by atoms with Gasteiger partial charge in [0, 0.05) is 0 Å². The molecule has 0 aliphatic heterocycles. The molecule has 122 valence electrons. The van der Waals surface area contributed by atoms with Crippen LogP contribution in [0.2, 0.25) is 0 Å². The van der Waals surface area contributed by atoms with Crippen LogP contribution in [0.1, 0.15) is 17.7 Å². The van der Waals surface area contributed by atoms with Gasteiger partial charge >= 0.3 is 24.6 Å². The summed E-state index contributed by atoms with van der Waals surface area (Å²) in [5.74, 6) is -3.73. The first-order valence-electron chi connectivity index (χ1n) is 5.34. The number of ether oxygens (including phenoxy) is 2. The van der Waals surface area contributed by atoms with Crippen molar-refractivity contribution in [3.05, 3.63) is 27.4 Å². The lowest BCUT2D eigenvalue weighted by molar-refractivity contribution is -0.390. The number of halogens is 5. The van der Waals surface area contributed by atoms with Gasteiger partial charge in [-0.2, -0.15) is 0 Å². The predicted molar refractivity (Wildman–Crippen MR) is 58.3 cm³/mol. The molecule has 0 amide bonds. The minimum atomic E-state index is -5.31. The molecule has 0 aromatic carbocycles. The number of aromatic nitrogens is 1. The monoisotopic (exact) mass is 330 g/mol. The third-order valence-electron chi connectivity index (χ3n) is 2.27. The van der Waals surface area contributed by atoms with Crippen LogP contribution < -0.4 is 4.74 Å². The Morgan fingerprint density at radius 2 is 2.05 bits per heavy atom. The molecule has 0 radical (unpaired) electrons. The molecule has 1 heterocycles. The van der Waals surface area contributed by atoms with Gasteiger partial charge in [-0.3, -0.25) is 4.79 Å². The smallest absolute Gasteiger partial charge is 0.469 e. The summed E-state index contributed by atoms with van der Waals surface area (Å²) >= 11 is 0. The van der Waals surface area contributed by atoms with E-state index in [2.05, 4.69) is 14.5 Å². The predicted octanol–water partition coefficient (Wildman–Crippen LogP) is 2.54. The zero-order valence-corrected chi connectivity index (χ0v) is 10.7.